The first-order chi connectivity index (χ1) is 5.22. The Hall–Kier alpha value is 1.32. The molecule has 0 bridgehead atoms. The lowest BCUT2D eigenvalue weighted by atomic mass is 9.95. The fourth-order valence-corrected chi connectivity index (χ4v) is 1.43. The second kappa shape index (κ2) is 9.36. The predicted octanol–water partition coefficient (Wildman–Crippen LogP) is -1.69. The van der Waals surface area contributed by atoms with Gasteiger partial charge in [0.15, 0.2) is 0 Å². The molecule has 98 valence electrons. The molecule has 0 radical (unpaired) electrons. The van der Waals surface area contributed by atoms with E-state index in [4.69, 9.17) is 11.5 Å². The van der Waals surface area contributed by atoms with Crippen LogP contribution >= 0.6 is 34.0 Å². The molecule has 6 heteroatoms. The van der Waals surface area contributed by atoms with Gasteiger partial charge in [-0.05, 0) is 20.8 Å². The summed E-state index contributed by atoms with van der Waals surface area (Å²) in [6.07, 6.45) is 0. The van der Waals surface area contributed by atoms with Crippen molar-refractivity contribution in [1.29, 1.82) is 0 Å². The van der Waals surface area contributed by atoms with Gasteiger partial charge in [0, 0.05) is 6.54 Å². The minimum atomic E-state index is -0.140. The number of nitrogens with two attached hydrogens (primary N) is 2. The van der Waals surface area contributed by atoms with E-state index >= 15 is 0 Å². The third-order valence-corrected chi connectivity index (χ3v) is 2.83. The van der Waals surface area contributed by atoms with Crippen LogP contribution < -0.4 is 28.4 Å². The minimum absolute atomic E-state index is 0. The summed E-state index contributed by atoms with van der Waals surface area (Å²) in [6.45, 7) is 7.99. The van der Waals surface area contributed by atoms with Crippen LogP contribution in [-0.4, -0.2) is 43.2 Å². The number of hydrogen-bond acceptors (Lipinski definition) is 2. The highest BCUT2D eigenvalue weighted by atomic mass is 79.9. The van der Waals surface area contributed by atoms with Crippen LogP contribution in [0.25, 0.3) is 0 Å². The molecule has 1 atom stereocenters. The molecule has 0 fully saturated rings. The maximum absolute atomic E-state index is 6.04. The van der Waals surface area contributed by atoms with E-state index in [1.807, 2.05) is 0 Å². The first-order valence-electron chi connectivity index (χ1n) is 4.53. The predicted molar refractivity (Wildman–Crippen MR) is 74.4 cm³/mol. The Balaban J connectivity index is -0.000000202. The summed E-state index contributed by atoms with van der Waals surface area (Å²) in [5.74, 6) is 0. The van der Waals surface area contributed by atoms with Crippen molar-refractivity contribution in [2.45, 2.75) is 32.4 Å². The van der Waals surface area contributed by atoms with Crippen LogP contribution in [0.2, 0.25) is 0 Å². The molecule has 0 aromatic carbocycles. The van der Waals surface area contributed by atoms with Crippen LogP contribution in [0, 0.1) is 0 Å². The van der Waals surface area contributed by atoms with E-state index < -0.39 is 0 Å². The molecule has 0 amide bonds. The molecule has 3 nitrogen and oxygen atoms in total. The second-order valence-corrected chi connectivity index (χ2v) is 4.79. The Morgan fingerprint density at radius 2 is 1.53 bits per heavy atom. The summed E-state index contributed by atoms with van der Waals surface area (Å²) in [7, 11) is 4.35. The largest absolute Gasteiger partial charge is 1.00 e. The van der Waals surface area contributed by atoms with Crippen molar-refractivity contribution in [1.82, 2.24) is 0 Å². The van der Waals surface area contributed by atoms with Crippen molar-refractivity contribution in [3.05, 3.63) is 0 Å². The van der Waals surface area contributed by atoms with Gasteiger partial charge < -0.3 is 32.9 Å². The molecule has 0 aromatic heterocycles. The number of rotatable bonds is 4. The van der Waals surface area contributed by atoms with E-state index in [2.05, 4.69) is 34.9 Å². The van der Waals surface area contributed by atoms with Crippen molar-refractivity contribution in [2.75, 3.05) is 27.2 Å². The molecule has 0 saturated heterocycles. The fraction of sp³-hybridized carbons (Fsp3) is 1.00. The lowest BCUT2D eigenvalue weighted by Crippen LogP contribution is -3.00. The standard InChI is InChI=1S/C9H24N3.3BrH/c1-8(9(2,3)11)12(4,5)7-6-10;;;/h8H,6-7,10-11H2,1-5H3;3*1H/q+1;;;/p-1. The Bertz CT molecular complexity index is 146. The highest BCUT2D eigenvalue weighted by Crippen LogP contribution is 2.16. The Morgan fingerprint density at radius 1 is 1.20 bits per heavy atom. The van der Waals surface area contributed by atoms with Gasteiger partial charge in [-0.2, -0.15) is 0 Å². The van der Waals surface area contributed by atoms with Crippen molar-refractivity contribution >= 4 is 34.0 Å². The van der Waals surface area contributed by atoms with E-state index in [1.54, 1.807) is 0 Å². The number of quaternary nitrogens is 1. The lowest BCUT2D eigenvalue weighted by Gasteiger charge is -2.42. The van der Waals surface area contributed by atoms with E-state index in [0.29, 0.717) is 12.6 Å². The first-order valence-corrected chi connectivity index (χ1v) is 4.53. The molecule has 1 unspecified atom stereocenters. The Labute approximate surface area is 126 Å². The third kappa shape index (κ3) is 9.06. The Morgan fingerprint density at radius 3 is 1.73 bits per heavy atom. The molecule has 4 N–H and O–H groups in total. The summed E-state index contributed by atoms with van der Waals surface area (Å²) < 4.78 is 0.889. The SMILES string of the molecule is Br.Br.CC(C(C)(C)N)[N+](C)(C)CCN.[Br-]. The van der Waals surface area contributed by atoms with Crippen LogP contribution in [0.4, 0.5) is 0 Å². The lowest BCUT2D eigenvalue weighted by molar-refractivity contribution is -0.915. The summed E-state index contributed by atoms with van der Waals surface area (Å²) in [6, 6.07) is 0.418. The van der Waals surface area contributed by atoms with Crippen LogP contribution in [0.5, 0.6) is 0 Å². The van der Waals surface area contributed by atoms with Gasteiger partial charge in [0.25, 0.3) is 0 Å². The quantitative estimate of drug-likeness (QED) is 0.538. The average Bonchev–Trinajstić information content (AvgIpc) is 1.84. The van der Waals surface area contributed by atoms with Gasteiger partial charge in [0.2, 0.25) is 0 Å². The monoisotopic (exact) mass is 413 g/mol. The zero-order chi connectivity index (χ0) is 9.99. The molecule has 0 spiro atoms. The highest BCUT2D eigenvalue weighted by molar-refractivity contribution is 8.93. The average molecular weight is 416 g/mol. The van der Waals surface area contributed by atoms with E-state index in [0.717, 1.165) is 11.0 Å². The summed E-state index contributed by atoms with van der Waals surface area (Å²) in [5.41, 5.74) is 11.4. The van der Waals surface area contributed by atoms with E-state index in [9.17, 15) is 0 Å². The molecule has 0 rings (SSSR count). The maximum Gasteiger partial charge on any atom is 0.103 e. The van der Waals surface area contributed by atoms with Gasteiger partial charge in [-0.3, -0.25) is 0 Å². The summed E-state index contributed by atoms with van der Waals surface area (Å²) >= 11 is 0. The molecule has 15 heavy (non-hydrogen) atoms. The minimum Gasteiger partial charge on any atom is -1.00 e. The van der Waals surface area contributed by atoms with Crippen molar-refractivity contribution in [2.24, 2.45) is 11.5 Å². The molecule has 0 aromatic rings. The van der Waals surface area contributed by atoms with Crippen LogP contribution in [0.15, 0.2) is 0 Å². The van der Waals surface area contributed by atoms with Crippen molar-refractivity contribution in [3.63, 3.8) is 0 Å². The highest BCUT2D eigenvalue weighted by Gasteiger charge is 2.34. The number of hydrogen-bond donors (Lipinski definition) is 2. The zero-order valence-corrected chi connectivity index (χ0v) is 15.3. The van der Waals surface area contributed by atoms with Crippen LogP contribution in [0.1, 0.15) is 20.8 Å². The van der Waals surface area contributed by atoms with Gasteiger partial charge >= 0.3 is 0 Å². The molecular weight excluding hydrogens is 390 g/mol. The Kier molecular flexibility index (Phi) is 15.7. The van der Waals surface area contributed by atoms with Crippen LogP contribution in [-0.2, 0) is 0 Å². The van der Waals surface area contributed by atoms with Gasteiger partial charge in [-0.15, -0.1) is 34.0 Å². The van der Waals surface area contributed by atoms with Crippen LogP contribution in [0.3, 0.4) is 0 Å². The van der Waals surface area contributed by atoms with Gasteiger partial charge in [-0.1, -0.05) is 0 Å². The molecule has 0 aliphatic rings. The molecule has 0 aliphatic heterocycles. The smallest absolute Gasteiger partial charge is 0.103 e. The maximum atomic E-state index is 6.04. The van der Waals surface area contributed by atoms with Gasteiger partial charge in [-0.25, -0.2) is 0 Å². The molecular formula is C9H26Br3N3. The summed E-state index contributed by atoms with van der Waals surface area (Å²) in [4.78, 5) is 0. The fourth-order valence-electron chi connectivity index (χ4n) is 1.43. The summed E-state index contributed by atoms with van der Waals surface area (Å²) in [5, 5.41) is 0. The molecule has 0 saturated carbocycles. The van der Waals surface area contributed by atoms with Gasteiger partial charge in [0.1, 0.15) is 6.04 Å². The second-order valence-electron chi connectivity index (χ2n) is 4.79. The number of halogens is 3. The molecule has 0 aliphatic carbocycles. The number of nitrogens with zero attached hydrogens (tertiary/aromatic N) is 1. The topological polar surface area (TPSA) is 52.0 Å². The van der Waals surface area contributed by atoms with E-state index in [-0.39, 0.29) is 56.5 Å². The first kappa shape index (κ1) is 25.2. The zero-order valence-electron chi connectivity index (χ0n) is 10.3. The molecule has 0 heterocycles. The number of likely N-dealkylation sites (N-methyl/N-ethyl adjacent to an activating group) is 1. The van der Waals surface area contributed by atoms with Gasteiger partial charge in [0.05, 0.1) is 26.2 Å². The van der Waals surface area contributed by atoms with Crippen molar-refractivity contribution < 1.29 is 21.5 Å². The third-order valence-electron chi connectivity index (χ3n) is 2.83. The van der Waals surface area contributed by atoms with Crippen molar-refractivity contribution in [3.8, 4) is 0 Å². The normalized spacial score (nSPS) is 13.0. The van der Waals surface area contributed by atoms with E-state index in [1.165, 1.54) is 0 Å².